The van der Waals surface area contributed by atoms with Gasteiger partial charge in [-0.05, 0) is 49.2 Å². The second-order valence-electron chi connectivity index (χ2n) is 6.39. The number of carbonyl (C=O) groups excluding carboxylic acids is 2. The van der Waals surface area contributed by atoms with Crippen LogP contribution in [0.2, 0.25) is 0 Å². The molecule has 2 aromatic rings. The minimum absolute atomic E-state index is 0.0609. The fraction of sp³-hybridized carbons (Fsp3) is 0.300. The Hall–Kier alpha value is -2.73. The van der Waals surface area contributed by atoms with Crippen molar-refractivity contribution in [1.82, 2.24) is 10.2 Å². The Labute approximate surface area is 152 Å². The summed E-state index contributed by atoms with van der Waals surface area (Å²) in [4.78, 5) is 26.5. The molecule has 1 heterocycles. The first-order valence-corrected chi connectivity index (χ1v) is 8.73. The van der Waals surface area contributed by atoms with Gasteiger partial charge in [-0.15, -0.1) is 0 Å². The molecule has 1 aliphatic rings. The fourth-order valence-electron chi connectivity index (χ4n) is 3.15. The van der Waals surface area contributed by atoms with Gasteiger partial charge >= 0.3 is 0 Å². The van der Waals surface area contributed by atoms with Crippen molar-refractivity contribution in [3.05, 3.63) is 66.0 Å². The maximum absolute atomic E-state index is 13.0. The van der Waals surface area contributed by atoms with Crippen molar-refractivity contribution < 1.29 is 14.0 Å². The summed E-state index contributed by atoms with van der Waals surface area (Å²) in [5, 5.41) is 5.46. The third kappa shape index (κ3) is 4.89. The van der Waals surface area contributed by atoms with E-state index in [1.54, 1.807) is 24.3 Å². The lowest BCUT2D eigenvalue weighted by Crippen LogP contribution is -2.45. The van der Waals surface area contributed by atoms with E-state index in [4.69, 9.17) is 0 Å². The van der Waals surface area contributed by atoms with Gasteiger partial charge in [-0.1, -0.05) is 30.3 Å². The molecule has 2 aromatic carbocycles. The highest BCUT2D eigenvalue weighted by Gasteiger charge is 2.30. The van der Waals surface area contributed by atoms with Crippen molar-refractivity contribution in [2.24, 2.45) is 0 Å². The molecule has 1 aliphatic heterocycles. The number of likely N-dealkylation sites (tertiary alicyclic amines) is 1. The quantitative estimate of drug-likeness (QED) is 0.837. The van der Waals surface area contributed by atoms with Gasteiger partial charge in [0.2, 0.25) is 11.8 Å². The third-order valence-corrected chi connectivity index (χ3v) is 4.45. The highest BCUT2D eigenvalue weighted by molar-refractivity contribution is 5.95. The topological polar surface area (TPSA) is 61.4 Å². The van der Waals surface area contributed by atoms with Crippen molar-refractivity contribution in [3.8, 4) is 0 Å². The van der Waals surface area contributed by atoms with E-state index in [1.165, 1.54) is 12.1 Å². The van der Waals surface area contributed by atoms with Crippen molar-refractivity contribution in [1.29, 1.82) is 0 Å². The highest BCUT2D eigenvalue weighted by Crippen LogP contribution is 2.20. The Kier molecular flexibility index (Phi) is 5.96. The number of hydrogen-bond donors (Lipinski definition) is 2. The molecular weight excluding hydrogens is 333 g/mol. The summed E-state index contributed by atoms with van der Waals surface area (Å²) in [5.74, 6) is -0.672. The molecule has 0 radical (unpaired) electrons. The van der Waals surface area contributed by atoms with E-state index in [1.807, 2.05) is 18.2 Å². The Morgan fingerprint density at radius 3 is 2.54 bits per heavy atom. The second kappa shape index (κ2) is 8.58. The zero-order chi connectivity index (χ0) is 18.4. The van der Waals surface area contributed by atoms with Gasteiger partial charge in [0, 0.05) is 12.2 Å². The molecule has 1 fully saturated rings. The van der Waals surface area contributed by atoms with Crippen LogP contribution in [0.25, 0.3) is 0 Å². The zero-order valence-electron chi connectivity index (χ0n) is 14.5. The molecule has 2 N–H and O–H groups in total. The number of para-hydroxylation sites is 1. The lowest BCUT2D eigenvalue weighted by atomic mass is 10.1. The maximum Gasteiger partial charge on any atom is 0.243 e. The molecule has 0 spiro atoms. The van der Waals surface area contributed by atoms with E-state index in [-0.39, 0.29) is 30.2 Å². The van der Waals surface area contributed by atoms with Gasteiger partial charge in [0.05, 0.1) is 12.6 Å². The van der Waals surface area contributed by atoms with Crippen molar-refractivity contribution >= 4 is 17.5 Å². The lowest BCUT2D eigenvalue weighted by Gasteiger charge is -2.23. The molecule has 3 rings (SSSR count). The molecule has 2 amide bonds. The first-order chi connectivity index (χ1) is 12.6. The van der Waals surface area contributed by atoms with Gasteiger partial charge < -0.3 is 10.6 Å². The van der Waals surface area contributed by atoms with E-state index in [0.29, 0.717) is 12.2 Å². The van der Waals surface area contributed by atoms with Crippen LogP contribution in [0.3, 0.4) is 0 Å². The molecule has 0 bridgehead atoms. The van der Waals surface area contributed by atoms with Crippen LogP contribution in [-0.2, 0) is 16.1 Å². The van der Waals surface area contributed by atoms with E-state index >= 15 is 0 Å². The van der Waals surface area contributed by atoms with Crippen LogP contribution in [0.5, 0.6) is 0 Å². The van der Waals surface area contributed by atoms with Crippen LogP contribution in [0.4, 0.5) is 10.1 Å². The van der Waals surface area contributed by atoms with Crippen LogP contribution in [-0.4, -0.2) is 35.8 Å². The minimum Gasteiger partial charge on any atom is -0.346 e. The zero-order valence-corrected chi connectivity index (χ0v) is 14.5. The van der Waals surface area contributed by atoms with Crippen molar-refractivity contribution in [2.45, 2.75) is 25.4 Å². The van der Waals surface area contributed by atoms with Gasteiger partial charge in [-0.25, -0.2) is 4.39 Å². The normalized spacial score (nSPS) is 17.0. The van der Waals surface area contributed by atoms with Crippen LogP contribution in [0.15, 0.2) is 54.6 Å². The van der Waals surface area contributed by atoms with Gasteiger partial charge in [-0.3, -0.25) is 14.5 Å². The summed E-state index contributed by atoms with van der Waals surface area (Å²) in [6.07, 6.45) is 1.68. The summed E-state index contributed by atoms with van der Waals surface area (Å²) < 4.78 is 13.0. The van der Waals surface area contributed by atoms with Crippen molar-refractivity contribution in [2.75, 3.05) is 18.4 Å². The lowest BCUT2D eigenvalue weighted by molar-refractivity contribution is -0.127. The molecule has 26 heavy (non-hydrogen) atoms. The third-order valence-electron chi connectivity index (χ3n) is 4.45. The predicted octanol–water partition coefficient (Wildman–Crippen LogP) is 2.54. The molecule has 0 unspecified atom stereocenters. The van der Waals surface area contributed by atoms with Gasteiger partial charge in [-0.2, -0.15) is 0 Å². The number of carbonyl (C=O) groups is 2. The Morgan fingerprint density at radius 1 is 1.08 bits per heavy atom. The molecule has 1 saturated heterocycles. The number of nitrogens with zero attached hydrogens (tertiary/aromatic N) is 1. The van der Waals surface area contributed by atoms with Crippen LogP contribution in [0, 0.1) is 5.82 Å². The monoisotopic (exact) mass is 355 g/mol. The first kappa shape index (κ1) is 18.1. The first-order valence-electron chi connectivity index (χ1n) is 8.73. The average molecular weight is 355 g/mol. The van der Waals surface area contributed by atoms with Crippen LogP contribution >= 0.6 is 0 Å². The summed E-state index contributed by atoms with van der Waals surface area (Å²) in [6.45, 7) is 1.34. The van der Waals surface area contributed by atoms with Gasteiger partial charge in [0.25, 0.3) is 0 Å². The molecule has 5 nitrogen and oxygen atoms in total. The summed E-state index contributed by atoms with van der Waals surface area (Å²) in [7, 11) is 0. The Bertz CT molecular complexity index is 749. The summed E-state index contributed by atoms with van der Waals surface area (Å²) >= 11 is 0. The second-order valence-corrected chi connectivity index (χ2v) is 6.39. The molecule has 136 valence electrons. The smallest absolute Gasteiger partial charge is 0.243 e. The Balaban J connectivity index is 1.50. The number of rotatable bonds is 6. The molecule has 0 saturated carbocycles. The standard InChI is InChI=1S/C20H22FN3O2/c21-16-10-8-15(9-11-16)14-24-12-4-7-18(24)20(26)22-13-19(25)23-17-5-2-1-3-6-17/h1-3,5-6,8-11,18H,4,7,12-14H2,(H,22,26)(H,23,25)/t18-/m0/s1. The number of nitrogens with one attached hydrogen (secondary N) is 2. The van der Waals surface area contributed by atoms with E-state index in [2.05, 4.69) is 15.5 Å². The largest absolute Gasteiger partial charge is 0.346 e. The van der Waals surface area contributed by atoms with Crippen LogP contribution < -0.4 is 10.6 Å². The number of amides is 2. The van der Waals surface area contributed by atoms with E-state index in [9.17, 15) is 14.0 Å². The maximum atomic E-state index is 13.0. The van der Waals surface area contributed by atoms with Gasteiger partial charge in [0.15, 0.2) is 0 Å². The predicted molar refractivity (Wildman–Crippen MR) is 97.9 cm³/mol. The fourth-order valence-corrected chi connectivity index (χ4v) is 3.15. The van der Waals surface area contributed by atoms with E-state index < -0.39 is 0 Å². The van der Waals surface area contributed by atoms with Crippen molar-refractivity contribution in [3.63, 3.8) is 0 Å². The number of hydrogen-bond acceptors (Lipinski definition) is 3. The average Bonchev–Trinajstić information content (AvgIpc) is 3.11. The van der Waals surface area contributed by atoms with Gasteiger partial charge in [0.1, 0.15) is 5.82 Å². The summed E-state index contributed by atoms with van der Waals surface area (Å²) in [5.41, 5.74) is 1.67. The molecular formula is C20H22FN3O2. The number of benzene rings is 2. The highest BCUT2D eigenvalue weighted by atomic mass is 19.1. The Morgan fingerprint density at radius 2 is 1.81 bits per heavy atom. The minimum atomic E-state index is -0.270. The molecule has 6 heteroatoms. The van der Waals surface area contributed by atoms with E-state index in [0.717, 1.165) is 24.9 Å². The SMILES string of the molecule is O=C(CNC(=O)[C@@H]1CCCN1Cc1ccc(F)cc1)Nc1ccccc1. The number of anilines is 1. The van der Waals surface area contributed by atoms with Crippen LogP contribution in [0.1, 0.15) is 18.4 Å². The molecule has 1 atom stereocenters. The summed E-state index contributed by atoms with van der Waals surface area (Å²) in [6, 6.07) is 15.2. The number of halogens is 1. The molecule has 0 aliphatic carbocycles. The molecule has 0 aromatic heterocycles.